The van der Waals surface area contributed by atoms with Crippen molar-refractivity contribution in [3.63, 3.8) is 0 Å². The summed E-state index contributed by atoms with van der Waals surface area (Å²) >= 11 is 12.0. The van der Waals surface area contributed by atoms with Crippen LogP contribution >= 0.6 is 23.2 Å². The van der Waals surface area contributed by atoms with Gasteiger partial charge in [-0.1, -0.05) is 50.0 Å². The molecule has 1 aromatic carbocycles. The zero-order valence-electron chi connectivity index (χ0n) is 17.0. The lowest BCUT2D eigenvalue weighted by Gasteiger charge is -2.26. The van der Waals surface area contributed by atoms with Gasteiger partial charge >= 0.3 is 0 Å². The first-order valence-electron chi connectivity index (χ1n) is 9.42. The number of carbonyl (C=O) groups excluding carboxylic acids is 1. The standard InChI is InChI=1S/C21H23Cl2N5O2/c1-21(2,3)6-8-27(12-14-5-4-7-24-11-14)20(30)19-25-13-28(26-19)15-9-16(22)18(29)17(23)10-15/h4-5,7,9-11,13,29H,6,8,12H2,1-3H3. The smallest absolute Gasteiger partial charge is 0.293 e. The molecule has 0 aliphatic rings. The molecule has 3 rings (SSSR count). The van der Waals surface area contributed by atoms with E-state index in [0.717, 1.165) is 12.0 Å². The fourth-order valence-electron chi connectivity index (χ4n) is 2.75. The maximum Gasteiger partial charge on any atom is 0.293 e. The number of amides is 1. The summed E-state index contributed by atoms with van der Waals surface area (Å²) in [5.41, 5.74) is 1.49. The van der Waals surface area contributed by atoms with Gasteiger partial charge in [0.15, 0.2) is 5.75 Å². The van der Waals surface area contributed by atoms with E-state index in [-0.39, 0.29) is 32.9 Å². The molecule has 0 aliphatic heterocycles. The monoisotopic (exact) mass is 447 g/mol. The van der Waals surface area contributed by atoms with Crippen LogP contribution in [0.2, 0.25) is 10.0 Å². The van der Waals surface area contributed by atoms with Gasteiger partial charge in [0.1, 0.15) is 6.33 Å². The summed E-state index contributed by atoms with van der Waals surface area (Å²) in [6.07, 6.45) is 5.67. The number of carbonyl (C=O) groups is 1. The number of phenolic OH excluding ortho intramolecular Hbond substituents is 1. The van der Waals surface area contributed by atoms with Crippen LogP contribution in [0, 0.1) is 5.41 Å². The molecule has 30 heavy (non-hydrogen) atoms. The van der Waals surface area contributed by atoms with Gasteiger partial charge < -0.3 is 10.0 Å². The minimum atomic E-state index is -0.280. The number of hydrogen-bond donors (Lipinski definition) is 1. The third-order valence-corrected chi connectivity index (χ3v) is 5.04. The van der Waals surface area contributed by atoms with E-state index in [1.54, 1.807) is 17.3 Å². The molecular formula is C21H23Cl2N5O2. The lowest BCUT2D eigenvalue weighted by molar-refractivity contribution is 0.0712. The number of halogens is 2. The molecular weight excluding hydrogens is 425 g/mol. The van der Waals surface area contributed by atoms with Gasteiger partial charge in [-0.2, -0.15) is 0 Å². The van der Waals surface area contributed by atoms with Crippen molar-refractivity contribution in [1.82, 2.24) is 24.6 Å². The summed E-state index contributed by atoms with van der Waals surface area (Å²) in [7, 11) is 0. The van der Waals surface area contributed by atoms with E-state index in [2.05, 4.69) is 35.8 Å². The Hall–Kier alpha value is -2.64. The molecule has 7 nitrogen and oxygen atoms in total. The molecule has 0 fully saturated rings. The van der Waals surface area contributed by atoms with Crippen LogP contribution in [0.1, 0.15) is 43.4 Å². The summed E-state index contributed by atoms with van der Waals surface area (Å²) in [5.74, 6) is -0.422. The highest BCUT2D eigenvalue weighted by Gasteiger charge is 2.23. The van der Waals surface area contributed by atoms with Gasteiger partial charge in [0.05, 0.1) is 15.7 Å². The van der Waals surface area contributed by atoms with Crippen molar-refractivity contribution in [2.24, 2.45) is 5.41 Å². The third-order valence-electron chi connectivity index (χ3n) is 4.46. The average molecular weight is 448 g/mol. The zero-order chi connectivity index (χ0) is 21.9. The van der Waals surface area contributed by atoms with E-state index in [1.807, 2.05) is 12.1 Å². The number of benzene rings is 1. The number of nitrogens with zero attached hydrogens (tertiary/aromatic N) is 5. The van der Waals surface area contributed by atoms with Gasteiger partial charge in [-0.3, -0.25) is 9.78 Å². The minimum Gasteiger partial charge on any atom is -0.505 e. The van der Waals surface area contributed by atoms with Crippen molar-refractivity contribution in [2.75, 3.05) is 6.54 Å². The normalized spacial score (nSPS) is 11.5. The van der Waals surface area contributed by atoms with E-state index >= 15 is 0 Å². The third kappa shape index (κ3) is 5.49. The van der Waals surface area contributed by atoms with E-state index in [1.165, 1.54) is 23.1 Å². The van der Waals surface area contributed by atoms with Gasteiger partial charge in [0.25, 0.3) is 5.91 Å². The van der Waals surface area contributed by atoms with Gasteiger partial charge in [-0.25, -0.2) is 9.67 Å². The molecule has 1 amide bonds. The lowest BCUT2D eigenvalue weighted by Crippen LogP contribution is -2.34. The molecule has 158 valence electrons. The van der Waals surface area contributed by atoms with Crippen molar-refractivity contribution in [3.05, 3.63) is 64.4 Å². The van der Waals surface area contributed by atoms with Crippen molar-refractivity contribution in [2.45, 2.75) is 33.7 Å². The Morgan fingerprint density at radius 1 is 1.23 bits per heavy atom. The predicted octanol–water partition coefficient (Wildman–Crippen LogP) is 4.75. The molecule has 0 atom stereocenters. The Balaban J connectivity index is 1.85. The number of rotatable bonds is 6. The Kier molecular flexibility index (Phi) is 6.63. The topological polar surface area (TPSA) is 84.1 Å². The van der Waals surface area contributed by atoms with Crippen molar-refractivity contribution in [3.8, 4) is 11.4 Å². The molecule has 3 aromatic rings. The largest absolute Gasteiger partial charge is 0.505 e. The second-order valence-corrected chi connectivity index (χ2v) is 8.98. The Morgan fingerprint density at radius 2 is 1.93 bits per heavy atom. The van der Waals surface area contributed by atoms with Crippen molar-refractivity contribution >= 4 is 29.1 Å². The average Bonchev–Trinajstić information content (AvgIpc) is 3.19. The van der Waals surface area contributed by atoms with E-state index in [0.29, 0.717) is 18.8 Å². The van der Waals surface area contributed by atoms with Crippen LogP contribution in [-0.2, 0) is 6.54 Å². The van der Waals surface area contributed by atoms with Crippen LogP contribution in [0.4, 0.5) is 0 Å². The number of phenols is 1. The highest BCUT2D eigenvalue weighted by Crippen LogP contribution is 2.33. The molecule has 0 unspecified atom stereocenters. The van der Waals surface area contributed by atoms with Gasteiger partial charge in [-0.05, 0) is 35.6 Å². The van der Waals surface area contributed by atoms with Gasteiger partial charge in [0, 0.05) is 25.5 Å². The first-order chi connectivity index (χ1) is 14.1. The number of hydrogen-bond acceptors (Lipinski definition) is 5. The maximum atomic E-state index is 13.2. The van der Waals surface area contributed by atoms with E-state index in [4.69, 9.17) is 23.2 Å². The summed E-state index contributed by atoms with van der Waals surface area (Å²) in [5, 5.41) is 14.2. The molecule has 0 spiro atoms. The first kappa shape index (κ1) is 22.1. The van der Waals surface area contributed by atoms with Crippen LogP contribution in [0.25, 0.3) is 5.69 Å². The highest BCUT2D eigenvalue weighted by atomic mass is 35.5. The molecule has 1 N–H and O–H groups in total. The Labute approximate surface area is 185 Å². The molecule has 9 heteroatoms. The summed E-state index contributed by atoms with van der Waals surface area (Å²) in [6, 6.07) is 6.77. The minimum absolute atomic E-state index is 0.0631. The van der Waals surface area contributed by atoms with Crippen LogP contribution in [0.3, 0.4) is 0 Å². The maximum absolute atomic E-state index is 13.2. The molecule has 2 heterocycles. The Morgan fingerprint density at radius 3 is 2.53 bits per heavy atom. The molecule has 0 saturated carbocycles. The highest BCUT2D eigenvalue weighted by molar-refractivity contribution is 6.37. The van der Waals surface area contributed by atoms with Crippen molar-refractivity contribution < 1.29 is 9.90 Å². The molecule has 0 radical (unpaired) electrons. The molecule has 0 aliphatic carbocycles. The van der Waals surface area contributed by atoms with Gasteiger partial charge in [-0.15, -0.1) is 5.10 Å². The number of aromatic hydroxyl groups is 1. The number of pyridine rings is 1. The number of aromatic nitrogens is 4. The summed E-state index contributed by atoms with van der Waals surface area (Å²) < 4.78 is 1.40. The first-order valence-corrected chi connectivity index (χ1v) is 10.2. The van der Waals surface area contributed by atoms with Crippen LogP contribution in [0.15, 0.2) is 43.0 Å². The quantitative estimate of drug-likeness (QED) is 0.588. The van der Waals surface area contributed by atoms with E-state index in [9.17, 15) is 9.90 Å². The molecule has 2 aromatic heterocycles. The SMILES string of the molecule is CC(C)(C)CCN(Cc1cccnc1)C(=O)c1ncn(-c2cc(Cl)c(O)c(Cl)c2)n1. The molecule has 0 bridgehead atoms. The molecule has 0 saturated heterocycles. The summed E-state index contributed by atoms with van der Waals surface area (Å²) in [6.45, 7) is 7.36. The van der Waals surface area contributed by atoms with Crippen molar-refractivity contribution in [1.29, 1.82) is 0 Å². The van der Waals surface area contributed by atoms with E-state index < -0.39 is 0 Å². The zero-order valence-corrected chi connectivity index (χ0v) is 18.5. The van der Waals surface area contributed by atoms with Crippen LogP contribution < -0.4 is 0 Å². The Bertz CT molecular complexity index is 1010. The van der Waals surface area contributed by atoms with Gasteiger partial charge in [0.2, 0.25) is 5.82 Å². The predicted molar refractivity (Wildman–Crippen MR) is 116 cm³/mol. The fourth-order valence-corrected chi connectivity index (χ4v) is 3.22. The fraction of sp³-hybridized carbons (Fsp3) is 0.333. The lowest BCUT2D eigenvalue weighted by atomic mass is 9.92. The second kappa shape index (κ2) is 9.02. The van der Waals surface area contributed by atoms with Crippen LogP contribution in [0.5, 0.6) is 5.75 Å². The second-order valence-electron chi connectivity index (χ2n) is 8.17. The summed E-state index contributed by atoms with van der Waals surface area (Å²) in [4.78, 5) is 23.2. The van der Waals surface area contributed by atoms with Crippen LogP contribution in [-0.4, -0.2) is 42.2 Å².